The molecule has 7 heteroatoms. The standard InChI is InChI=1S/C8H5N3O4/c9-3-4-1-2-5(10)7(11(14)15)6(4)8(12)13/h1-2H,10H2,(H,12,13). The Labute approximate surface area is 83.5 Å². The van der Waals surface area contributed by atoms with Crippen molar-refractivity contribution < 1.29 is 14.8 Å². The molecular weight excluding hydrogens is 202 g/mol. The zero-order valence-electron chi connectivity index (χ0n) is 7.30. The number of anilines is 1. The Kier molecular flexibility index (Phi) is 2.53. The second kappa shape index (κ2) is 3.63. The first-order chi connectivity index (χ1) is 6.99. The summed E-state index contributed by atoms with van der Waals surface area (Å²) in [6.07, 6.45) is 0. The van der Waals surface area contributed by atoms with Crippen LogP contribution in [0.1, 0.15) is 15.9 Å². The fourth-order valence-corrected chi connectivity index (χ4v) is 1.11. The van der Waals surface area contributed by atoms with Gasteiger partial charge in [-0.05, 0) is 12.1 Å². The van der Waals surface area contributed by atoms with E-state index in [1.807, 2.05) is 0 Å². The van der Waals surface area contributed by atoms with Gasteiger partial charge < -0.3 is 10.8 Å². The summed E-state index contributed by atoms with van der Waals surface area (Å²) >= 11 is 0. The minimum Gasteiger partial charge on any atom is -0.477 e. The van der Waals surface area contributed by atoms with Crippen molar-refractivity contribution in [3.05, 3.63) is 33.4 Å². The van der Waals surface area contributed by atoms with Crippen LogP contribution in [0, 0.1) is 21.4 Å². The number of nitrogen functional groups attached to an aromatic ring is 1. The molecule has 0 heterocycles. The van der Waals surface area contributed by atoms with E-state index in [-0.39, 0.29) is 11.3 Å². The molecule has 0 bridgehead atoms. The van der Waals surface area contributed by atoms with E-state index in [9.17, 15) is 14.9 Å². The smallest absolute Gasteiger partial charge is 0.344 e. The Bertz CT molecular complexity index is 489. The van der Waals surface area contributed by atoms with E-state index < -0.39 is 22.1 Å². The van der Waals surface area contributed by atoms with E-state index in [1.54, 1.807) is 6.07 Å². The summed E-state index contributed by atoms with van der Waals surface area (Å²) < 4.78 is 0. The van der Waals surface area contributed by atoms with Crippen LogP contribution in [0.2, 0.25) is 0 Å². The largest absolute Gasteiger partial charge is 0.477 e. The van der Waals surface area contributed by atoms with E-state index in [0.717, 1.165) is 12.1 Å². The Morgan fingerprint density at radius 1 is 1.60 bits per heavy atom. The molecule has 0 aliphatic heterocycles. The van der Waals surface area contributed by atoms with Gasteiger partial charge in [-0.2, -0.15) is 5.26 Å². The van der Waals surface area contributed by atoms with E-state index in [0.29, 0.717) is 0 Å². The molecule has 76 valence electrons. The second-order valence-electron chi connectivity index (χ2n) is 2.60. The number of nitrogens with two attached hydrogens (primary N) is 1. The average Bonchev–Trinajstić information content (AvgIpc) is 2.16. The molecule has 0 aliphatic rings. The van der Waals surface area contributed by atoms with Crippen molar-refractivity contribution >= 4 is 17.3 Å². The molecule has 0 radical (unpaired) electrons. The topological polar surface area (TPSA) is 130 Å². The number of carbonyl (C=O) groups is 1. The number of rotatable bonds is 2. The Hall–Kier alpha value is -2.62. The number of nitrogens with zero attached hydrogens (tertiary/aromatic N) is 2. The third kappa shape index (κ3) is 1.68. The lowest BCUT2D eigenvalue weighted by molar-refractivity contribution is -0.384. The number of hydrogen-bond donors (Lipinski definition) is 2. The maximum absolute atomic E-state index is 10.7. The van der Waals surface area contributed by atoms with Crippen LogP contribution in [0.15, 0.2) is 12.1 Å². The maximum atomic E-state index is 10.7. The zero-order valence-corrected chi connectivity index (χ0v) is 7.30. The van der Waals surface area contributed by atoms with Crippen molar-refractivity contribution in [2.45, 2.75) is 0 Å². The maximum Gasteiger partial charge on any atom is 0.344 e. The number of benzene rings is 1. The number of nitro groups is 1. The van der Waals surface area contributed by atoms with Crippen molar-refractivity contribution in [1.82, 2.24) is 0 Å². The van der Waals surface area contributed by atoms with Crippen molar-refractivity contribution in [3.63, 3.8) is 0 Å². The van der Waals surface area contributed by atoms with Crippen LogP contribution >= 0.6 is 0 Å². The van der Waals surface area contributed by atoms with E-state index in [1.165, 1.54) is 0 Å². The Morgan fingerprint density at radius 2 is 2.20 bits per heavy atom. The van der Waals surface area contributed by atoms with Gasteiger partial charge in [0.1, 0.15) is 11.8 Å². The van der Waals surface area contributed by atoms with Crippen LogP contribution in [0.5, 0.6) is 0 Å². The molecule has 15 heavy (non-hydrogen) atoms. The average molecular weight is 207 g/mol. The fourth-order valence-electron chi connectivity index (χ4n) is 1.11. The predicted octanol–water partition coefficient (Wildman–Crippen LogP) is 0.747. The van der Waals surface area contributed by atoms with Gasteiger partial charge >= 0.3 is 11.7 Å². The monoisotopic (exact) mass is 207 g/mol. The first-order valence-electron chi connectivity index (χ1n) is 3.69. The number of nitriles is 1. The Balaban J connectivity index is 3.68. The molecule has 1 aromatic rings. The summed E-state index contributed by atoms with van der Waals surface area (Å²) in [7, 11) is 0. The van der Waals surface area contributed by atoms with Gasteiger partial charge in [-0.15, -0.1) is 0 Å². The van der Waals surface area contributed by atoms with Crippen molar-refractivity contribution in [1.29, 1.82) is 5.26 Å². The molecule has 0 aromatic heterocycles. The van der Waals surface area contributed by atoms with E-state index >= 15 is 0 Å². The third-order valence-corrected chi connectivity index (χ3v) is 1.73. The molecule has 7 nitrogen and oxygen atoms in total. The molecule has 0 fully saturated rings. The minimum absolute atomic E-state index is 0.281. The fraction of sp³-hybridized carbons (Fsp3) is 0. The summed E-state index contributed by atoms with van der Waals surface area (Å²) in [5, 5.41) is 27.9. The molecule has 0 saturated heterocycles. The molecule has 0 aliphatic carbocycles. The zero-order chi connectivity index (χ0) is 11.6. The highest BCUT2D eigenvalue weighted by Gasteiger charge is 2.26. The first kappa shape index (κ1) is 10.5. The normalized spacial score (nSPS) is 9.27. The van der Waals surface area contributed by atoms with Crippen molar-refractivity contribution in [2.75, 3.05) is 5.73 Å². The molecule has 3 N–H and O–H groups in total. The SMILES string of the molecule is N#Cc1ccc(N)c([N+](=O)[O-])c1C(=O)O. The number of aromatic carboxylic acids is 1. The molecule has 0 amide bonds. The van der Waals surface area contributed by atoms with Gasteiger partial charge in [0.2, 0.25) is 0 Å². The molecule has 1 rings (SSSR count). The third-order valence-electron chi connectivity index (χ3n) is 1.73. The lowest BCUT2D eigenvalue weighted by Crippen LogP contribution is -2.08. The van der Waals surface area contributed by atoms with Crippen LogP contribution in [0.4, 0.5) is 11.4 Å². The molecule has 0 saturated carbocycles. The van der Waals surface area contributed by atoms with Gasteiger partial charge in [0.25, 0.3) is 0 Å². The van der Waals surface area contributed by atoms with Crippen LogP contribution in [-0.4, -0.2) is 16.0 Å². The van der Waals surface area contributed by atoms with Gasteiger partial charge in [0.05, 0.1) is 10.5 Å². The highest BCUT2D eigenvalue weighted by atomic mass is 16.6. The summed E-state index contributed by atoms with van der Waals surface area (Å²) in [6.45, 7) is 0. The summed E-state index contributed by atoms with van der Waals surface area (Å²) in [6, 6.07) is 3.82. The van der Waals surface area contributed by atoms with Crippen LogP contribution in [0.25, 0.3) is 0 Å². The second-order valence-corrected chi connectivity index (χ2v) is 2.60. The highest BCUT2D eigenvalue weighted by Crippen LogP contribution is 2.28. The number of carboxylic acids is 1. The quantitative estimate of drug-likeness (QED) is 0.418. The van der Waals surface area contributed by atoms with Crippen LogP contribution in [0.3, 0.4) is 0 Å². The highest BCUT2D eigenvalue weighted by molar-refractivity contribution is 5.97. The summed E-state index contributed by atoms with van der Waals surface area (Å²) in [4.78, 5) is 20.4. The predicted molar refractivity (Wildman–Crippen MR) is 49.2 cm³/mol. The van der Waals surface area contributed by atoms with E-state index in [2.05, 4.69) is 0 Å². The summed E-state index contributed by atoms with van der Waals surface area (Å²) in [5.41, 5.74) is 3.27. The number of carboxylic acid groups (broad SMARTS) is 1. The molecule has 0 atom stereocenters. The Morgan fingerprint density at radius 3 is 2.60 bits per heavy atom. The van der Waals surface area contributed by atoms with Crippen molar-refractivity contribution in [2.24, 2.45) is 0 Å². The molecule has 1 aromatic carbocycles. The molecular formula is C8H5N3O4. The molecule has 0 spiro atoms. The van der Waals surface area contributed by atoms with E-state index in [4.69, 9.17) is 16.1 Å². The van der Waals surface area contributed by atoms with Gasteiger partial charge in [0, 0.05) is 0 Å². The lowest BCUT2D eigenvalue weighted by Gasteiger charge is -2.02. The molecule has 0 unspecified atom stereocenters. The van der Waals surface area contributed by atoms with Crippen molar-refractivity contribution in [3.8, 4) is 6.07 Å². The number of nitro benzene ring substituents is 1. The lowest BCUT2D eigenvalue weighted by atomic mass is 10.1. The minimum atomic E-state index is -1.55. The number of hydrogen-bond acceptors (Lipinski definition) is 5. The van der Waals surface area contributed by atoms with Gasteiger partial charge in [0.15, 0.2) is 5.56 Å². The van der Waals surface area contributed by atoms with Crippen LogP contribution < -0.4 is 5.73 Å². The van der Waals surface area contributed by atoms with Gasteiger partial charge in [-0.25, -0.2) is 4.79 Å². The first-order valence-corrected chi connectivity index (χ1v) is 3.69. The van der Waals surface area contributed by atoms with Gasteiger partial charge in [-0.3, -0.25) is 10.1 Å². The summed E-state index contributed by atoms with van der Waals surface area (Å²) in [5.74, 6) is -1.55. The van der Waals surface area contributed by atoms with Gasteiger partial charge in [-0.1, -0.05) is 0 Å². The van der Waals surface area contributed by atoms with Crippen LogP contribution in [-0.2, 0) is 0 Å².